The number of nitrogens with one attached hydrogen (secondary N) is 1. The topological polar surface area (TPSA) is 78.9 Å². The molecule has 0 saturated carbocycles. The number of halogens is 2. The van der Waals surface area contributed by atoms with Gasteiger partial charge in [-0.25, -0.2) is 8.78 Å². The first-order valence-electron chi connectivity index (χ1n) is 6.80. The van der Waals surface area contributed by atoms with Crippen molar-refractivity contribution in [1.29, 1.82) is 5.26 Å². The highest BCUT2D eigenvalue weighted by molar-refractivity contribution is 6.08. The number of hydrogen-bond acceptors (Lipinski definition) is 4. The second kappa shape index (κ2) is 6.30. The molecule has 1 aromatic heterocycles. The first-order valence-corrected chi connectivity index (χ1v) is 6.80. The zero-order chi connectivity index (χ0) is 17.1. The van der Waals surface area contributed by atoms with Crippen molar-refractivity contribution in [3.8, 4) is 17.4 Å². The zero-order valence-corrected chi connectivity index (χ0v) is 12.1. The van der Waals surface area contributed by atoms with E-state index in [0.717, 1.165) is 12.1 Å². The lowest BCUT2D eigenvalue weighted by Gasteiger charge is -2.06. The van der Waals surface area contributed by atoms with Crippen molar-refractivity contribution in [2.24, 2.45) is 0 Å². The first kappa shape index (κ1) is 15.4. The summed E-state index contributed by atoms with van der Waals surface area (Å²) in [6.07, 6.45) is 1.17. The average Bonchev–Trinajstić information content (AvgIpc) is 3.07. The van der Waals surface area contributed by atoms with Crippen LogP contribution in [0, 0.1) is 23.0 Å². The van der Waals surface area contributed by atoms with Gasteiger partial charge in [-0.1, -0.05) is 17.3 Å². The lowest BCUT2D eigenvalue weighted by molar-refractivity contribution is 0.102. The van der Waals surface area contributed by atoms with Crippen LogP contribution in [0.1, 0.15) is 15.9 Å². The van der Waals surface area contributed by atoms with Crippen LogP contribution in [-0.2, 0) is 0 Å². The van der Waals surface area contributed by atoms with Crippen molar-refractivity contribution >= 4 is 11.6 Å². The predicted molar refractivity (Wildman–Crippen MR) is 81.0 cm³/mol. The van der Waals surface area contributed by atoms with E-state index in [1.165, 1.54) is 12.3 Å². The Morgan fingerprint density at radius 2 is 1.96 bits per heavy atom. The van der Waals surface area contributed by atoms with Crippen LogP contribution in [0.2, 0.25) is 0 Å². The molecule has 5 nitrogen and oxygen atoms in total. The lowest BCUT2D eigenvalue weighted by Crippen LogP contribution is -2.13. The van der Waals surface area contributed by atoms with Gasteiger partial charge in [0.05, 0.1) is 17.4 Å². The number of nitrogens with zero attached hydrogens (tertiary/aromatic N) is 2. The fraction of sp³-hybridized carbons (Fsp3) is 0. The van der Waals surface area contributed by atoms with Crippen LogP contribution >= 0.6 is 0 Å². The number of benzene rings is 2. The Hall–Kier alpha value is -3.53. The van der Waals surface area contributed by atoms with Gasteiger partial charge in [0.15, 0.2) is 17.4 Å². The smallest absolute Gasteiger partial charge is 0.261 e. The maximum absolute atomic E-state index is 13.4. The third-order valence-electron chi connectivity index (χ3n) is 3.29. The third-order valence-corrected chi connectivity index (χ3v) is 3.29. The summed E-state index contributed by atoms with van der Waals surface area (Å²) in [5.41, 5.74) is 0.818. The molecule has 0 spiro atoms. The molecular formula is C17H9F2N3O2. The fourth-order valence-electron chi connectivity index (χ4n) is 2.13. The summed E-state index contributed by atoms with van der Waals surface area (Å²) in [4.78, 5) is 12.4. The molecule has 0 saturated heterocycles. The van der Waals surface area contributed by atoms with Crippen LogP contribution in [0.3, 0.4) is 0 Å². The van der Waals surface area contributed by atoms with E-state index in [9.17, 15) is 13.6 Å². The van der Waals surface area contributed by atoms with Gasteiger partial charge < -0.3 is 9.84 Å². The molecule has 0 aliphatic rings. The molecule has 0 aliphatic carbocycles. The van der Waals surface area contributed by atoms with Gasteiger partial charge in [-0.3, -0.25) is 4.79 Å². The average molecular weight is 325 g/mol. The van der Waals surface area contributed by atoms with Gasteiger partial charge in [-0.05, 0) is 30.3 Å². The van der Waals surface area contributed by atoms with Crippen LogP contribution in [0.15, 0.2) is 53.2 Å². The SMILES string of the molecule is N#Cc1ccccc1NC(=O)c1cnoc1-c1ccc(F)c(F)c1. The van der Waals surface area contributed by atoms with Crippen molar-refractivity contribution in [3.63, 3.8) is 0 Å². The molecule has 7 heteroatoms. The second-order valence-electron chi connectivity index (χ2n) is 4.81. The highest BCUT2D eigenvalue weighted by Gasteiger charge is 2.20. The summed E-state index contributed by atoms with van der Waals surface area (Å²) in [5, 5.41) is 15.2. The van der Waals surface area contributed by atoms with Gasteiger partial charge in [0.1, 0.15) is 11.6 Å². The molecule has 0 atom stereocenters. The second-order valence-corrected chi connectivity index (χ2v) is 4.81. The number of nitriles is 1. The minimum absolute atomic E-state index is 0.000777. The van der Waals surface area contributed by atoms with Gasteiger partial charge in [-0.2, -0.15) is 5.26 Å². The summed E-state index contributed by atoms with van der Waals surface area (Å²) in [6, 6.07) is 11.5. The fourth-order valence-corrected chi connectivity index (χ4v) is 2.13. The molecule has 1 N–H and O–H groups in total. The quantitative estimate of drug-likeness (QED) is 0.795. The van der Waals surface area contributed by atoms with Crippen LogP contribution in [-0.4, -0.2) is 11.1 Å². The molecule has 0 radical (unpaired) electrons. The summed E-state index contributed by atoms with van der Waals surface area (Å²) < 4.78 is 31.4. The largest absolute Gasteiger partial charge is 0.355 e. The summed E-state index contributed by atoms with van der Waals surface area (Å²) in [6.45, 7) is 0. The van der Waals surface area contributed by atoms with E-state index in [1.807, 2.05) is 6.07 Å². The molecule has 118 valence electrons. The minimum atomic E-state index is -1.06. The summed E-state index contributed by atoms with van der Waals surface area (Å²) in [7, 11) is 0. The van der Waals surface area contributed by atoms with Gasteiger partial charge in [0, 0.05) is 5.56 Å². The monoisotopic (exact) mass is 325 g/mol. The molecule has 1 amide bonds. The number of para-hydroxylation sites is 1. The maximum atomic E-state index is 13.4. The highest BCUT2D eigenvalue weighted by atomic mass is 19.2. The van der Waals surface area contributed by atoms with Gasteiger partial charge in [-0.15, -0.1) is 0 Å². The Bertz CT molecular complexity index is 960. The summed E-state index contributed by atoms with van der Waals surface area (Å²) in [5.74, 6) is -2.66. The third kappa shape index (κ3) is 2.85. The molecule has 2 aromatic carbocycles. The van der Waals surface area contributed by atoms with E-state index in [0.29, 0.717) is 5.69 Å². The van der Waals surface area contributed by atoms with Gasteiger partial charge in [0.25, 0.3) is 5.91 Å². The standard InChI is InChI=1S/C17H9F2N3O2/c18-13-6-5-10(7-14(13)19)16-12(9-21-24-16)17(23)22-15-4-2-1-3-11(15)8-20/h1-7,9H,(H,22,23). The van der Waals surface area contributed by atoms with Crippen molar-refractivity contribution in [2.75, 3.05) is 5.32 Å². The molecule has 0 fully saturated rings. The number of hydrogen-bond donors (Lipinski definition) is 1. The zero-order valence-electron chi connectivity index (χ0n) is 12.1. The number of carbonyl (C=O) groups is 1. The Morgan fingerprint density at radius 1 is 1.17 bits per heavy atom. The number of aromatic nitrogens is 1. The van der Waals surface area contributed by atoms with Crippen LogP contribution in [0.5, 0.6) is 0 Å². The van der Waals surface area contributed by atoms with Crippen LogP contribution < -0.4 is 5.32 Å². The number of carbonyl (C=O) groups excluding carboxylic acids is 1. The Morgan fingerprint density at radius 3 is 2.71 bits per heavy atom. The number of anilines is 1. The maximum Gasteiger partial charge on any atom is 0.261 e. The van der Waals surface area contributed by atoms with Gasteiger partial charge in [0.2, 0.25) is 0 Å². The Kier molecular flexibility index (Phi) is 4.03. The van der Waals surface area contributed by atoms with Crippen molar-refractivity contribution in [1.82, 2.24) is 5.16 Å². The first-order chi connectivity index (χ1) is 11.6. The van der Waals surface area contributed by atoms with Gasteiger partial charge >= 0.3 is 0 Å². The molecule has 1 heterocycles. The van der Waals surface area contributed by atoms with E-state index >= 15 is 0 Å². The highest BCUT2D eigenvalue weighted by Crippen LogP contribution is 2.26. The van der Waals surface area contributed by atoms with Crippen molar-refractivity contribution in [3.05, 3.63) is 71.4 Å². The molecule has 0 bridgehead atoms. The van der Waals surface area contributed by atoms with Crippen molar-refractivity contribution in [2.45, 2.75) is 0 Å². The Balaban J connectivity index is 1.94. The van der Waals surface area contributed by atoms with E-state index in [2.05, 4.69) is 10.5 Å². The van der Waals surface area contributed by atoms with Crippen LogP contribution in [0.4, 0.5) is 14.5 Å². The molecule has 3 aromatic rings. The molecule has 0 aliphatic heterocycles. The summed E-state index contributed by atoms with van der Waals surface area (Å²) >= 11 is 0. The molecule has 0 unspecified atom stereocenters. The van der Waals surface area contributed by atoms with E-state index < -0.39 is 17.5 Å². The van der Waals surface area contributed by atoms with Crippen molar-refractivity contribution < 1.29 is 18.1 Å². The van der Waals surface area contributed by atoms with E-state index in [4.69, 9.17) is 9.78 Å². The lowest BCUT2D eigenvalue weighted by atomic mass is 10.1. The minimum Gasteiger partial charge on any atom is -0.355 e. The van der Waals surface area contributed by atoms with E-state index in [1.54, 1.807) is 24.3 Å². The van der Waals surface area contributed by atoms with Crippen LogP contribution in [0.25, 0.3) is 11.3 Å². The molecule has 3 rings (SSSR count). The number of amides is 1. The predicted octanol–water partition coefficient (Wildman–Crippen LogP) is 3.74. The normalized spacial score (nSPS) is 10.2. The Labute approximate surface area is 135 Å². The van der Waals surface area contributed by atoms with E-state index in [-0.39, 0.29) is 22.5 Å². The molecular weight excluding hydrogens is 316 g/mol. The molecule has 24 heavy (non-hydrogen) atoms. The number of rotatable bonds is 3.